The topological polar surface area (TPSA) is 70.7 Å². The minimum atomic E-state index is -0.182. The van der Waals surface area contributed by atoms with Gasteiger partial charge >= 0.3 is 0 Å². The maximum Gasteiger partial charge on any atom is 0.232 e. The van der Waals surface area contributed by atoms with Crippen molar-refractivity contribution < 1.29 is 4.79 Å². The number of hydrogen-bond acceptors (Lipinski definition) is 3. The number of rotatable bonds is 4. The summed E-state index contributed by atoms with van der Waals surface area (Å²) in [5.41, 5.74) is 1.56. The Labute approximate surface area is 132 Å². The van der Waals surface area contributed by atoms with E-state index in [4.69, 9.17) is 11.6 Å². The predicted octanol–water partition coefficient (Wildman–Crippen LogP) is 3.31. The number of carbonyl (C=O) groups is 1. The van der Waals surface area contributed by atoms with E-state index < -0.39 is 0 Å². The van der Waals surface area contributed by atoms with Gasteiger partial charge in [-0.05, 0) is 18.2 Å². The van der Waals surface area contributed by atoms with Crippen LogP contribution in [-0.2, 0) is 11.2 Å². The second-order valence-corrected chi connectivity index (χ2v) is 5.14. The zero-order valence-corrected chi connectivity index (χ0v) is 12.3. The Kier molecular flexibility index (Phi) is 4.16. The molecule has 0 aliphatic carbocycles. The van der Waals surface area contributed by atoms with Crippen LogP contribution in [-0.4, -0.2) is 21.1 Å². The Balaban J connectivity index is 1.66. The minimum Gasteiger partial charge on any atom is -0.326 e. The Morgan fingerprint density at radius 2 is 1.95 bits per heavy atom. The second-order valence-electron chi connectivity index (χ2n) is 4.71. The van der Waals surface area contributed by atoms with E-state index in [-0.39, 0.29) is 12.3 Å². The number of hydrogen-bond donors (Lipinski definition) is 2. The van der Waals surface area contributed by atoms with Gasteiger partial charge in [-0.25, -0.2) is 4.98 Å². The monoisotopic (exact) mass is 312 g/mol. The molecule has 110 valence electrons. The van der Waals surface area contributed by atoms with Gasteiger partial charge in [0.25, 0.3) is 0 Å². The normalized spacial score (nSPS) is 10.4. The van der Waals surface area contributed by atoms with E-state index in [1.54, 1.807) is 24.3 Å². The van der Waals surface area contributed by atoms with Gasteiger partial charge in [0.15, 0.2) is 5.82 Å². The molecular weight excluding hydrogens is 300 g/mol. The number of nitrogens with zero attached hydrogens (tertiary/aromatic N) is 2. The third kappa shape index (κ3) is 3.51. The summed E-state index contributed by atoms with van der Waals surface area (Å²) in [6.07, 6.45) is 0.117. The zero-order chi connectivity index (χ0) is 15.4. The summed E-state index contributed by atoms with van der Waals surface area (Å²) in [6, 6.07) is 16.6. The highest BCUT2D eigenvalue weighted by Gasteiger charge is 2.10. The standard InChI is InChI=1S/C16H13ClN4O/c17-12-7-4-8-13(9-12)18-15(22)10-14-19-16(21-20-14)11-5-2-1-3-6-11/h1-9H,10H2,(H,18,22)(H,19,20,21). The molecule has 2 N–H and O–H groups in total. The van der Waals surface area contributed by atoms with Crippen molar-refractivity contribution in [3.8, 4) is 11.4 Å². The largest absolute Gasteiger partial charge is 0.326 e. The maximum atomic E-state index is 12.0. The summed E-state index contributed by atoms with van der Waals surface area (Å²) in [7, 11) is 0. The predicted molar refractivity (Wildman–Crippen MR) is 85.6 cm³/mol. The van der Waals surface area contributed by atoms with E-state index >= 15 is 0 Å². The molecule has 0 spiro atoms. The fourth-order valence-electron chi connectivity index (χ4n) is 2.01. The molecular formula is C16H13ClN4O. The van der Waals surface area contributed by atoms with Crippen LogP contribution in [0.15, 0.2) is 54.6 Å². The van der Waals surface area contributed by atoms with E-state index in [2.05, 4.69) is 20.5 Å². The molecule has 0 atom stereocenters. The summed E-state index contributed by atoms with van der Waals surface area (Å²) in [5, 5.41) is 10.2. The Morgan fingerprint density at radius 1 is 1.14 bits per heavy atom. The van der Waals surface area contributed by atoms with Crippen LogP contribution >= 0.6 is 11.6 Å². The molecule has 1 aromatic heterocycles. The lowest BCUT2D eigenvalue weighted by Crippen LogP contribution is -2.15. The molecule has 0 fully saturated rings. The fraction of sp³-hybridized carbons (Fsp3) is 0.0625. The number of halogens is 1. The van der Waals surface area contributed by atoms with E-state index in [0.29, 0.717) is 22.4 Å². The fourth-order valence-corrected chi connectivity index (χ4v) is 2.20. The summed E-state index contributed by atoms with van der Waals surface area (Å²) in [6.45, 7) is 0. The van der Waals surface area contributed by atoms with Crippen molar-refractivity contribution in [2.24, 2.45) is 0 Å². The van der Waals surface area contributed by atoms with Gasteiger partial charge in [0.05, 0.1) is 6.42 Å². The number of amides is 1. The zero-order valence-electron chi connectivity index (χ0n) is 11.6. The summed E-state index contributed by atoms with van der Waals surface area (Å²) in [4.78, 5) is 16.3. The van der Waals surface area contributed by atoms with Crippen LogP contribution in [0, 0.1) is 0 Å². The second kappa shape index (κ2) is 6.41. The molecule has 2 aromatic carbocycles. The number of aromatic amines is 1. The average molecular weight is 313 g/mol. The van der Waals surface area contributed by atoms with Gasteiger partial charge in [-0.3, -0.25) is 9.89 Å². The first kappa shape index (κ1) is 14.3. The van der Waals surface area contributed by atoms with Crippen LogP contribution in [0.4, 0.5) is 5.69 Å². The Hall–Kier alpha value is -2.66. The van der Waals surface area contributed by atoms with Crippen molar-refractivity contribution in [1.29, 1.82) is 0 Å². The number of aromatic nitrogens is 3. The first-order valence-electron chi connectivity index (χ1n) is 6.73. The molecule has 1 amide bonds. The third-order valence-corrected chi connectivity index (χ3v) is 3.24. The first-order valence-corrected chi connectivity index (χ1v) is 7.10. The number of nitrogens with one attached hydrogen (secondary N) is 2. The first-order chi connectivity index (χ1) is 10.7. The van der Waals surface area contributed by atoms with Crippen LogP contribution < -0.4 is 5.32 Å². The van der Waals surface area contributed by atoms with Crippen molar-refractivity contribution in [3.63, 3.8) is 0 Å². The minimum absolute atomic E-state index is 0.117. The molecule has 0 saturated carbocycles. The highest BCUT2D eigenvalue weighted by Crippen LogP contribution is 2.16. The molecule has 0 aliphatic heterocycles. The van der Waals surface area contributed by atoms with Crippen LogP contribution in [0.25, 0.3) is 11.4 Å². The molecule has 0 unspecified atom stereocenters. The van der Waals surface area contributed by atoms with Crippen molar-refractivity contribution in [1.82, 2.24) is 15.2 Å². The number of carbonyl (C=O) groups excluding carboxylic acids is 1. The van der Waals surface area contributed by atoms with Crippen molar-refractivity contribution in [2.75, 3.05) is 5.32 Å². The number of H-pyrrole nitrogens is 1. The maximum absolute atomic E-state index is 12.0. The molecule has 0 bridgehead atoms. The summed E-state index contributed by atoms with van der Waals surface area (Å²) < 4.78 is 0. The van der Waals surface area contributed by atoms with E-state index in [1.165, 1.54) is 0 Å². The van der Waals surface area contributed by atoms with E-state index in [0.717, 1.165) is 5.56 Å². The van der Waals surface area contributed by atoms with Gasteiger partial charge in [0, 0.05) is 16.3 Å². The molecule has 3 rings (SSSR count). The molecule has 6 heteroatoms. The highest BCUT2D eigenvalue weighted by molar-refractivity contribution is 6.30. The SMILES string of the molecule is O=C(Cc1nc(-c2ccccc2)n[nH]1)Nc1cccc(Cl)c1. The van der Waals surface area contributed by atoms with Crippen LogP contribution in [0.1, 0.15) is 5.82 Å². The van der Waals surface area contributed by atoms with Gasteiger partial charge in [-0.1, -0.05) is 48.0 Å². The Morgan fingerprint density at radius 3 is 2.73 bits per heavy atom. The van der Waals surface area contributed by atoms with Gasteiger partial charge in [-0.2, -0.15) is 5.10 Å². The number of anilines is 1. The lowest BCUT2D eigenvalue weighted by molar-refractivity contribution is -0.115. The van der Waals surface area contributed by atoms with E-state index in [1.807, 2.05) is 30.3 Å². The number of benzene rings is 2. The summed E-state index contributed by atoms with van der Waals surface area (Å²) >= 11 is 5.88. The quantitative estimate of drug-likeness (QED) is 0.776. The van der Waals surface area contributed by atoms with Crippen LogP contribution in [0.3, 0.4) is 0 Å². The van der Waals surface area contributed by atoms with Gasteiger partial charge < -0.3 is 5.32 Å². The van der Waals surface area contributed by atoms with Crippen molar-refractivity contribution >= 4 is 23.2 Å². The molecule has 0 aliphatic rings. The molecule has 3 aromatic rings. The van der Waals surface area contributed by atoms with E-state index in [9.17, 15) is 4.79 Å². The molecule has 0 saturated heterocycles. The summed E-state index contributed by atoms with van der Waals surface area (Å²) in [5.74, 6) is 0.905. The Bertz CT molecular complexity index is 786. The highest BCUT2D eigenvalue weighted by atomic mass is 35.5. The van der Waals surface area contributed by atoms with Crippen LogP contribution in [0.5, 0.6) is 0 Å². The molecule has 1 heterocycles. The van der Waals surface area contributed by atoms with Gasteiger partial charge in [0.2, 0.25) is 5.91 Å². The average Bonchev–Trinajstić information content (AvgIpc) is 2.96. The van der Waals surface area contributed by atoms with Gasteiger partial charge in [0.1, 0.15) is 5.82 Å². The van der Waals surface area contributed by atoms with Crippen LogP contribution in [0.2, 0.25) is 5.02 Å². The third-order valence-electron chi connectivity index (χ3n) is 3.00. The lowest BCUT2D eigenvalue weighted by Gasteiger charge is -2.03. The molecule has 22 heavy (non-hydrogen) atoms. The van der Waals surface area contributed by atoms with Crippen molar-refractivity contribution in [2.45, 2.75) is 6.42 Å². The molecule has 5 nitrogen and oxygen atoms in total. The lowest BCUT2D eigenvalue weighted by atomic mass is 10.2. The smallest absolute Gasteiger partial charge is 0.232 e. The van der Waals surface area contributed by atoms with Gasteiger partial charge in [-0.15, -0.1) is 0 Å². The molecule has 0 radical (unpaired) electrons. The van der Waals surface area contributed by atoms with Crippen molar-refractivity contribution in [3.05, 3.63) is 65.4 Å².